The molecule has 6 N–H and O–H groups in total. The van der Waals surface area contributed by atoms with Crippen LogP contribution in [-0.2, 0) is 19.2 Å². The number of amides is 4. The van der Waals surface area contributed by atoms with Crippen LogP contribution in [0.1, 0.15) is 26.7 Å². The van der Waals surface area contributed by atoms with E-state index in [0.717, 1.165) is 6.08 Å². The van der Waals surface area contributed by atoms with Crippen molar-refractivity contribution < 1.29 is 29.4 Å². The lowest BCUT2D eigenvalue weighted by atomic mass is 10.0. The second kappa shape index (κ2) is 12.6. The molecule has 1 rings (SSSR count). The van der Waals surface area contributed by atoms with Crippen molar-refractivity contribution in [3.8, 4) is 0 Å². The molecule has 1 aliphatic heterocycles. The highest BCUT2D eigenvalue weighted by Crippen LogP contribution is 2.06. The average molecular weight is 422 g/mol. The topological polar surface area (TPSA) is 157 Å². The molecule has 0 aromatic rings. The van der Waals surface area contributed by atoms with Gasteiger partial charge >= 0.3 is 0 Å². The molecule has 166 valence electrons. The molecule has 10 heteroatoms. The summed E-state index contributed by atoms with van der Waals surface area (Å²) in [6.45, 7) is 6.61. The predicted molar refractivity (Wildman–Crippen MR) is 110 cm³/mol. The Kier molecular flexibility index (Phi) is 10.5. The summed E-state index contributed by atoms with van der Waals surface area (Å²) < 4.78 is 0. The average Bonchev–Trinajstić information content (AvgIpc) is 2.67. The monoisotopic (exact) mass is 422 g/mol. The second-order valence-corrected chi connectivity index (χ2v) is 7.01. The SMILES string of the molecule is C=CC=CC(=O)NC(C(=O)NC1CC(O)CCNC(=O)C=CC(C)NC1=O)C(C)O. The van der Waals surface area contributed by atoms with Crippen molar-refractivity contribution in [3.63, 3.8) is 0 Å². The summed E-state index contributed by atoms with van der Waals surface area (Å²) in [6.07, 6.45) is 4.53. The van der Waals surface area contributed by atoms with E-state index in [-0.39, 0.29) is 25.3 Å². The molecule has 4 amide bonds. The maximum absolute atomic E-state index is 12.7. The van der Waals surface area contributed by atoms with Crippen LogP contribution in [0, 0.1) is 0 Å². The summed E-state index contributed by atoms with van der Waals surface area (Å²) in [7, 11) is 0. The molecule has 5 atom stereocenters. The molecule has 0 bridgehead atoms. The Morgan fingerprint density at radius 2 is 2.07 bits per heavy atom. The Morgan fingerprint density at radius 3 is 2.70 bits per heavy atom. The minimum Gasteiger partial charge on any atom is -0.393 e. The number of rotatable bonds is 6. The second-order valence-electron chi connectivity index (χ2n) is 7.01. The minimum absolute atomic E-state index is 0.110. The lowest BCUT2D eigenvalue weighted by molar-refractivity contribution is -0.134. The molecule has 1 heterocycles. The molecule has 0 aliphatic carbocycles. The molecule has 10 nitrogen and oxygen atoms in total. The normalized spacial score (nSPS) is 25.1. The van der Waals surface area contributed by atoms with E-state index in [1.165, 1.54) is 31.2 Å². The van der Waals surface area contributed by atoms with Crippen LogP contribution < -0.4 is 21.3 Å². The zero-order chi connectivity index (χ0) is 22.7. The molecular formula is C20H30N4O6. The quantitative estimate of drug-likeness (QED) is 0.224. The number of nitrogens with one attached hydrogen (secondary N) is 4. The van der Waals surface area contributed by atoms with E-state index in [9.17, 15) is 29.4 Å². The third-order valence-corrected chi connectivity index (χ3v) is 4.27. The number of aliphatic hydroxyl groups is 2. The van der Waals surface area contributed by atoms with Crippen LogP contribution in [0.2, 0.25) is 0 Å². The molecule has 0 spiro atoms. The Hall–Kier alpha value is -2.98. The third-order valence-electron chi connectivity index (χ3n) is 4.27. The summed E-state index contributed by atoms with van der Waals surface area (Å²) >= 11 is 0. The van der Waals surface area contributed by atoms with Crippen molar-refractivity contribution in [1.82, 2.24) is 21.3 Å². The summed E-state index contributed by atoms with van der Waals surface area (Å²) in [5.41, 5.74) is 0. The largest absolute Gasteiger partial charge is 0.393 e. The van der Waals surface area contributed by atoms with Gasteiger partial charge in [0.25, 0.3) is 0 Å². The van der Waals surface area contributed by atoms with Gasteiger partial charge in [0.2, 0.25) is 23.6 Å². The van der Waals surface area contributed by atoms with Gasteiger partial charge in [-0.2, -0.15) is 0 Å². The molecular weight excluding hydrogens is 392 g/mol. The molecule has 5 unspecified atom stereocenters. The first-order valence-corrected chi connectivity index (χ1v) is 9.66. The molecule has 1 aliphatic rings. The van der Waals surface area contributed by atoms with Gasteiger partial charge in [0.05, 0.1) is 12.2 Å². The Morgan fingerprint density at radius 1 is 1.37 bits per heavy atom. The Labute approximate surface area is 175 Å². The first-order valence-electron chi connectivity index (χ1n) is 9.66. The van der Waals surface area contributed by atoms with Crippen molar-refractivity contribution in [2.75, 3.05) is 6.54 Å². The van der Waals surface area contributed by atoms with E-state index in [2.05, 4.69) is 27.8 Å². The maximum Gasteiger partial charge on any atom is 0.245 e. The van der Waals surface area contributed by atoms with Crippen molar-refractivity contribution in [1.29, 1.82) is 0 Å². The van der Waals surface area contributed by atoms with E-state index < -0.39 is 48.1 Å². The van der Waals surface area contributed by atoms with Gasteiger partial charge in [-0.1, -0.05) is 24.8 Å². The van der Waals surface area contributed by atoms with Crippen molar-refractivity contribution in [3.05, 3.63) is 37.0 Å². The zero-order valence-electron chi connectivity index (χ0n) is 17.1. The van der Waals surface area contributed by atoms with Gasteiger partial charge in [-0.25, -0.2) is 0 Å². The fraction of sp³-hybridized carbons (Fsp3) is 0.500. The molecule has 0 saturated carbocycles. The van der Waals surface area contributed by atoms with Crippen LogP contribution in [-0.4, -0.2) is 70.7 Å². The predicted octanol–water partition coefficient (Wildman–Crippen LogP) is -1.59. The summed E-state index contributed by atoms with van der Waals surface area (Å²) in [6, 6.07) is -2.93. The lowest BCUT2D eigenvalue weighted by Crippen LogP contribution is -2.58. The molecule has 0 aromatic heterocycles. The Balaban J connectivity index is 2.95. The first-order chi connectivity index (χ1) is 14.1. The molecule has 30 heavy (non-hydrogen) atoms. The smallest absolute Gasteiger partial charge is 0.245 e. The minimum atomic E-state index is -1.31. The summed E-state index contributed by atoms with van der Waals surface area (Å²) in [5.74, 6) is -2.30. The van der Waals surface area contributed by atoms with Crippen LogP contribution in [0.5, 0.6) is 0 Å². The molecule has 0 saturated heterocycles. The van der Waals surface area contributed by atoms with E-state index in [4.69, 9.17) is 0 Å². The highest BCUT2D eigenvalue weighted by molar-refractivity contribution is 5.95. The number of carbonyl (C=O) groups excluding carboxylic acids is 4. The first kappa shape index (κ1) is 25.1. The number of carbonyl (C=O) groups is 4. The third kappa shape index (κ3) is 9.01. The maximum atomic E-state index is 12.7. The fourth-order valence-electron chi connectivity index (χ4n) is 2.67. The fourth-order valence-corrected chi connectivity index (χ4v) is 2.67. The van der Waals surface area contributed by atoms with Gasteiger partial charge in [0, 0.05) is 31.2 Å². The van der Waals surface area contributed by atoms with Gasteiger partial charge in [0.15, 0.2) is 0 Å². The number of hydrogen-bond acceptors (Lipinski definition) is 6. The van der Waals surface area contributed by atoms with E-state index in [0.29, 0.717) is 0 Å². The Bertz CT molecular complexity index is 703. The standard InChI is InChI=1S/C20H30N4O6/c1-4-5-6-17(28)24-18(13(3)25)20(30)23-15-11-14(26)9-10-21-16(27)8-7-12(2)22-19(15)29/h4-8,12-15,18,25-26H,1,9-11H2,2-3H3,(H,21,27)(H,22,29)(H,23,30)(H,24,28). The van der Waals surface area contributed by atoms with Gasteiger partial charge in [0.1, 0.15) is 12.1 Å². The van der Waals surface area contributed by atoms with E-state index >= 15 is 0 Å². The molecule has 0 radical (unpaired) electrons. The van der Waals surface area contributed by atoms with E-state index in [1.807, 2.05) is 0 Å². The highest BCUT2D eigenvalue weighted by Gasteiger charge is 2.31. The zero-order valence-corrected chi connectivity index (χ0v) is 17.1. The van der Waals surface area contributed by atoms with Crippen molar-refractivity contribution in [2.24, 2.45) is 0 Å². The molecule has 0 aromatic carbocycles. The van der Waals surface area contributed by atoms with E-state index in [1.54, 1.807) is 6.92 Å². The van der Waals surface area contributed by atoms with Crippen LogP contribution in [0.25, 0.3) is 0 Å². The van der Waals surface area contributed by atoms with Crippen LogP contribution in [0.15, 0.2) is 37.0 Å². The van der Waals surface area contributed by atoms with Gasteiger partial charge in [-0.05, 0) is 20.3 Å². The molecule has 0 fully saturated rings. The van der Waals surface area contributed by atoms with Crippen LogP contribution in [0.4, 0.5) is 0 Å². The van der Waals surface area contributed by atoms with Gasteiger partial charge < -0.3 is 31.5 Å². The number of allylic oxidation sites excluding steroid dienone is 2. The summed E-state index contributed by atoms with van der Waals surface area (Å²) in [4.78, 5) is 48.7. The van der Waals surface area contributed by atoms with Gasteiger partial charge in [-0.3, -0.25) is 19.2 Å². The number of hydrogen-bond donors (Lipinski definition) is 6. The van der Waals surface area contributed by atoms with Crippen LogP contribution >= 0.6 is 0 Å². The van der Waals surface area contributed by atoms with Crippen molar-refractivity contribution in [2.45, 2.75) is 57.0 Å². The summed E-state index contributed by atoms with van der Waals surface area (Å²) in [5, 5.41) is 30.2. The van der Waals surface area contributed by atoms with Crippen LogP contribution in [0.3, 0.4) is 0 Å². The van der Waals surface area contributed by atoms with Gasteiger partial charge in [-0.15, -0.1) is 0 Å². The lowest BCUT2D eigenvalue weighted by Gasteiger charge is -2.26. The number of aliphatic hydroxyl groups excluding tert-OH is 2. The highest BCUT2D eigenvalue weighted by atomic mass is 16.3. The van der Waals surface area contributed by atoms with Crippen molar-refractivity contribution >= 4 is 23.6 Å².